The first-order valence-corrected chi connectivity index (χ1v) is 11.0. The fourth-order valence-corrected chi connectivity index (χ4v) is 6.44. The predicted molar refractivity (Wildman–Crippen MR) is 106 cm³/mol. The molecule has 1 saturated carbocycles. The lowest BCUT2D eigenvalue weighted by molar-refractivity contribution is -0.140. The number of hydrogen-bond donors (Lipinski definition) is 2. The third kappa shape index (κ3) is 2.95. The van der Waals surface area contributed by atoms with Crippen molar-refractivity contribution in [3.05, 3.63) is 60.6 Å². The fourth-order valence-electron chi connectivity index (χ4n) is 3.72. The molecule has 1 aliphatic rings. The first-order valence-electron chi connectivity index (χ1n) is 8.66. The molecule has 2 N–H and O–H groups in total. The summed E-state index contributed by atoms with van der Waals surface area (Å²) in [6, 6.07) is 12.3. The number of benzene rings is 1. The van der Waals surface area contributed by atoms with Crippen LogP contribution in [0.25, 0.3) is 10.6 Å². The van der Waals surface area contributed by atoms with Crippen molar-refractivity contribution in [3.8, 4) is 10.6 Å². The Morgan fingerprint density at radius 2 is 1.96 bits per heavy atom. The van der Waals surface area contributed by atoms with Gasteiger partial charge in [0, 0.05) is 19.2 Å². The molecular weight excluding hydrogens is 398 g/mol. The van der Waals surface area contributed by atoms with Gasteiger partial charge in [-0.25, -0.2) is 13.4 Å². The number of thiophene rings is 1. The summed E-state index contributed by atoms with van der Waals surface area (Å²) in [6.45, 7) is 1.75. The fraction of sp³-hybridized carbons (Fsp3) is 0.263. The summed E-state index contributed by atoms with van der Waals surface area (Å²) >= 11 is 1.07. The van der Waals surface area contributed by atoms with Crippen LogP contribution in [0.15, 0.2) is 59.2 Å². The van der Waals surface area contributed by atoms with Crippen LogP contribution in [0.3, 0.4) is 0 Å². The average molecular weight is 418 g/mol. The molecule has 3 atom stereocenters. The highest BCUT2D eigenvalue weighted by Crippen LogP contribution is 2.58. The van der Waals surface area contributed by atoms with Gasteiger partial charge < -0.3 is 9.67 Å². The van der Waals surface area contributed by atoms with Crippen LogP contribution in [-0.2, 0) is 21.9 Å². The Morgan fingerprint density at radius 3 is 2.57 bits per heavy atom. The Labute approximate surface area is 166 Å². The normalized spacial score (nSPS) is 24.2. The van der Waals surface area contributed by atoms with Gasteiger partial charge in [-0.05, 0) is 23.6 Å². The van der Waals surface area contributed by atoms with Crippen LogP contribution < -0.4 is 4.72 Å². The van der Waals surface area contributed by atoms with Gasteiger partial charge in [0.15, 0.2) is 0 Å². The zero-order valence-corrected chi connectivity index (χ0v) is 16.9. The molecule has 146 valence electrons. The first kappa shape index (κ1) is 18.9. The number of nitrogens with one attached hydrogen (secondary N) is 1. The van der Waals surface area contributed by atoms with Crippen molar-refractivity contribution >= 4 is 27.3 Å². The Morgan fingerprint density at radius 1 is 1.25 bits per heavy atom. The van der Waals surface area contributed by atoms with Gasteiger partial charge in [0.2, 0.25) is 0 Å². The summed E-state index contributed by atoms with van der Waals surface area (Å²) in [5.74, 6) is -1.95. The van der Waals surface area contributed by atoms with E-state index in [0.29, 0.717) is 10.6 Å². The van der Waals surface area contributed by atoms with Crippen molar-refractivity contribution in [2.24, 2.45) is 13.0 Å². The van der Waals surface area contributed by atoms with E-state index in [1.807, 2.05) is 37.4 Å². The van der Waals surface area contributed by atoms with Gasteiger partial charge in [-0.1, -0.05) is 37.3 Å². The number of carboxylic acid groups (broad SMARTS) is 1. The van der Waals surface area contributed by atoms with E-state index >= 15 is 0 Å². The van der Waals surface area contributed by atoms with Gasteiger partial charge in [-0.2, -0.15) is 4.72 Å². The number of carboxylic acids is 1. The molecule has 4 rings (SSSR count). The molecule has 0 aliphatic heterocycles. The van der Waals surface area contributed by atoms with Crippen LogP contribution in [-0.4, -0.2) is 34.6 Å². The van der Waals surface area contributed by atoms with Crippen molar-refractivity contribution in [1.29, 1.82) is 0 Å². The lowest BCUT2D eigenvalue weighted by atomic mass is 10.1. The standard InChI is InChI=1S/C19H19N3O4S2/c1-12-17(13-6-4-3-5-7-13)19(12,18(23)24)21-28(25,26)16-9-8-15(27-16)14-10-22(2)11-20-14/h3-12,17,21H,1-2H3,(H,23,24)/t12?,17-,19+/m1/s1. The van der Waals surface area contributed by atoms with Crippen molar-refractivity contribution in [3.63, 3.8) is 0 Å². The summed E-state index contributed by atoms with van der Waals surface area (Å²) in [5, 5.41) is 9.87. The van der Waals surface area contributed by atoms with Crippen molar-refractivity contribution < 1.29 is 18.3 Å². The smallest absolute Gasteiger partial charge is 0.325 e. The van der Waals surface area contributed by atoms with Crippen LogP contribution >= 0.6 is 11.3 Å². The summed E-state index contributed by atoms with van der Waals surface area (Å²) < 4.78 is 30.3. The quantitative estimate of drug-likeness (QED) is 0.642. The van der Waals surface area contributed by atoms with E-state index < -0.39 is 27.4 Å². The summed E-state index contributed by atoms with van der Waals surface area (Å²) in [4.78, 5) is 17.0. The second-order valence-electron chi connectivity index (χ2n) is 7.00. The highest BCUT2D eigenvalue weighted by Gasteiger charge is 2.70. The highest BCUT2D eigenvalue weighted by atomic mass is 32.2. The number of rotatable bonds is 6. The van der Waals surface area contributed by atoms with Crippen molar-refractivity contribution in [2.75, 3.05) is 0 Å². The van der Waals surface area contributed by atoms with Gasteiger partial charge in [0.1, 0.15) is 9.75 Å². The van der Waals surface area contributed by atoms with E-state index in [9.17, 15) is 18.3 Å². The molecular formula is C19H19N3O4S2. The monoisotopic (exact) mass is 417 g/mol. The van der Waals surface area contributed by atoms with E-state index in [4.69, 9.17) is 0 Å². The molecule has 7 nitrogen and oxygen atoms in total. The maximum Gasteiger partial charge on any atom is 0.325 e. The number of nitrogens with zero attached hydrogens (tertiary/aromatic N) is 2. The average Bonchev–Trinajstić information content (AvgIpc) is 3.06. The van der Waals surface area contributed by atoms with E-state index in [0.717, 1.165) is 16.9 Å². The van der Waals surface area contributed by atoms with Crippen LogP contribution in [0.2, 0.25) is 0 Å². The van der Waals surface area contributed by atoms with Crippen molar-refractivity contribution in [1.82, 2.24) is 14.3 Å². The van der Waals surface area contributed by atoms with E-state index in [1.54, 1.807) is 30.1 Å². The lowest BCUT2D eigenvalue weighted by Crippen LogP contribution is -2.45. The molecule has 0 amide bonds. The molecule has 9 heteroatoms. The van der Waals surface area contributed by atoms with Gasteiger partial charge in [0.05, 0.1) is 16.9 Å². The predicted octanol–water partition coefficient (Wildman–Crippen LogP) is 2.68. The number of aliphatic carboxylic acids is 1. The third-order valence-corrected chi connectivity index (χ3v) is 8.30. The van der Waals surface area contributed by atoms with Crippen molar-refractivity contribution in [2.45, 2.75) is 22.6 Å². The Kier molecular flexibility index (Phi) is 4.40. The molecule has 1 aliphatic carbocycles. The number of aryl methyl sites for hydroxylation is 1. The van der Waals surface area contributed by atoms with Gasteiger partial charge in [0.25, 0.3) is 10.0 Å². The minimum atomic E-state index is -4.00. The molecule has 0 saturated heterocycles. The highest BCUT2D eigenvalue weighted by molar-refractivity contribution is 7.91. The number of imidazole rings is 1. The topological polar surface area (TPSA) is 101 Å². The maximum atomic E-state index is 13.0. The number of aromatic nitrogens is 2. The summed E-state index contributed by atoms with van der Waals surface area (Å²) in [6.07, 6.45) is 3.43. The van der Waals surface area contributed by atoms with E-state index in [1.165, 1.54) is 6.07 Å². The van der Waals surface area contributed by atoms with E-state index in [-0.39, 0.29) is 10.1 Å². The molecule has 0 spiro atoms. The van der Waals surface area contributed by atoms with Crippen LogP contribution in [0, 0.1) is 5.92 Å². The molecule has 2 heterocycles. The SMILES string of the molecule is CC1[C@H](c2ccccc2)[C@]1(NS(=O)(=O)c1ccc(-c2cn(C)cn2)s1)C(=O)O. The number of carbonyl (C=O) groups is 1. The Bertz CT molecular complexity index is 1140. The number of hydrogen-bond acceptors (Lipinski definition) is 5. The Balaban J connectivity index is 1.65. The lowest BCUT2D eigenvalue weighted by Gasteiger charge is -2.15. The molecule has 0 radical (unpaired) electrons. The van der Waals surface area contributed by atoms with Gasteiger partial charge in [-0.3, -0.25) is 4.79 Å². The van der Waals surface area contributed by atoms with Crippen LogP contribution in [0.1, 0.15) is 18.4 Å². The zero-order chi connectivity index (χ0) is 20.1. The maximum absolute atomic E-state index is 13.0. The minimum absolute atomic E-state index is 0.0692. The molecule has 1 aromatic carbocycles. The minimum Gasteiger partial charge on any atom is -0.480 e. The summed E-state index contributed by atoms with van der Waals surface area (Å²) in [7, 11) is -2.17. The number of sulfonamides is 1. The van der Waals surface area contributed by atoms with E-state index in [2.05, 4.69) is 9.71 Å². The van der Waals surface area contributed by atoms with Crippen LogP contribution in [0.5, 0.6) is 0 Å². The molecule has 3 aromatic rings. The molecule has 1 unspecified atom stereocenters. The first-order chi connectivity index (χ1) is 13.3. The van der Waals surface area contributed by atoms with Gasteiger partial charge >= 0.3 is 5.97 Å². The van der Waals surface area contributed by atoms with Gasteiger partial charge in [-0.15, -0.1) is 11.3 Å². The largest absolute Gasteiger partial charge is 0.480 e. The molecule has 28 heavy (non-hydrogen) atoms. The van der Waals surface area contributed by atoms with Crippen LogP contribution in [0.4, 0.5) is 0 Å². The Hall–Kier alpha value is -2.49. The molecule has 1 fully saturated rings. The third-order valence-electron chi connectivity index (χ3n) is 5.22. The second kappa shape index (κ2) is 6.54. The summed E-state index contributed by atoms with van der Waals surface area (Å²) in [5.41, 5.74) is -0.0701. The molecule has 2 aromatic heterocycles. The zero-order valence-electron chi connectivity index (χ0n) is 15.2. The molecule has 0 bridgehead atoms. The second-order valence-corrected chi connectivity index (χ2v) is 9.99.